The van der Waals surface area contributed by atoms with Gasteiger partial charge in [-0.3, -0.25) is 0 Å². The topological polar surface area (TPSA) is 61.2 Å². The third-order valence-electron chi connectivity index (χ3n) is 2.27. The highest BCUT2D eigenvalue weighted by Crippen LogP contribution is 2.20. The smallest absolute Gasteiger partial charge is 0.221 e. The fourth-order valence-electron chi connectivity index (χ4n) is 1.48. The molecule has 0 aliphatic carbocycles. The lowest BCUT2D eigenvalue weighted by Crippen LogP contribution is -2.82. The molecule has 4 nitrogen and oxygen atoms in total. The molecule has 0 spiro atoms. The molecule has 0 heterocycles. The summed E-state index contributed by atoms with van der Waals surface area (Å²) < 4.78 is 5.73. The Morgan fingerprint density at radius 1 is 1.11 bits per heavy atom. The molecule has 96 valence electrons. The van der Waals surface area contributed by atoms with E-state index in [-0.39, 0.29) is 5.11 Å². The number of para-hydroxylation sites is 1. The molecule has 0 aliphatic rings. The summed E-state index contributed by atoms with van der Waals surface area (Å²) >= 11 is 4.68. The summed E-state index contributed by atoms with van der Waals surface area (Å²) in [6.45, 7) is 0. The van der Waals surface area contributed by atoms with Crippen molar-refractivity contribution in [2.45, 2.75) is 0 Å². The van der Waals surface area contributed by atoms with E-state index < -0.39 is 0 Å². The monoisotopic (exact) mass is 272 g/mol. The zero-order chi connectivity index (χ0) is 13.5. The number of nitrogens with one attached hydrogen (secondary N) is 2. The molecule has 5 heteroatoms. The van der Waals surface area contributed by atoms with Crippen molar-refractivity contribution in [3.8, 4) is 11.5 Å². The fraction of sp³-hybridized carbons (Fsp3) is 0. The standard InChI is InChI=1S/C14H13N3OS/c15-14(19)17-16-10-11-5-4-8-13(9-11)18-12-6-2-1-3-7-12/h1-10H,(H3,15,17,19)/p+1. The van der Waals surface area contributed by atoms with Crippen LogP contribution in [0.25, 0.3) is 0 Å². The van der Waals surface area contributed by atoms with Gasteiger partial charge in [-0.2, -0.15) is 0 Å². The molecule has 0 amide bonds. The van der Waals surface area contributed by atoms with Crippen molar-refractivity contribution in [2.75, 3.05) is 0 Å². The number of benzene rings is 2. The van der Waals surface area contributed by atoms with E-state index >= 15 is 0 Å². The molecule has 0 bridgehead atoms. The van der Waals surface area contributed by atoms with Gasteiger partial charge < -0.3 is 10.5 Å². The maximum Gasteiger partial charge on any atom is 0.221 e. The number of thiocarbonyl (C=S) groups is 1. The highest BCUT2D eigenvalue weighted by atomic mass is 32.1. The molecular formula is C14H14N3OS+. The number of hydrogen-bond donors (Lipinski definition) is 3. The number of ether oxygens (including phenoxy) is 1. The van der Waals surface area contributed by atoms with Crippen LogP contribution in [0.15, 0.2) is 54.6 Å². The molecule has 0 aliphatic heterocycles. The van der Waals surface area contributed by atoms with Crippen LogP contribution in [0.3, 0.4) is 0 Å². The van der Waals surface area contributed by atoms with Crippen LogP contribution in [0.1, 0.15) is 5.56 Å². The molecule has 0 saturated carbocycles. The minimum atomic E-state index is 0.188. The Labute approximate surface area is 116 Å². The van der Waals surface area contributed by atoms with Crippen molar-refractivity contribution in [3.63, 3.8) is 0 Å². The van der Waals surface area contributed by atoms with Crippen LogP contribution < -0.4 is 21.0 Å². The van der Waals surface area contributed by atoms with Gasteiger partial charge in [-0.15, -0.1) is 10.5 Å². The van der Waals surface area contributed by atoms with Gasteiger partial charge in [0.05, 0.1) is 0 Å². The first-order chi connectivity index (χ1) is 9.24. The van der Waals surface area contributed by atoms with E-state index in [4.69, 9.17) is 10.5 Å². The van der Waals surface area contributed by atoms with Gasteiger partial charge in [0, 0.05) is 5.56 Å². The van der Waals surface area contributed by atoms with Crippen molar-refractivity contribution >= 4 is 23.5 Å². The minimum Gasteiger partial charge on any atom is -0.457 e. The molecule has 0 aromatic heterocycles. The molecule has 0 fully saturated rings. The lowest BCUT2D eigenvalue weighted by Gasteiger charge is -2.04. The summed E-state index contributed by atoms with van der Waals surface area (Å²) in [6.07, 6.45) is 1.75. The number of hydrazone groups is 1. The predicted molar refractivity (Wildman–Crippen MR) is 79.0 cm³/mol. The number of nitrogens with two attached hydrogens (primary N) is 1. The van der Waals surface area contributed by atoms with Crippen LogP contribution in [0.4, 0.5) is 0 Å². The van der Waals surface area contributed by atoms with Crippen molar-refractivity contribution in [1.29, 1.82) is 0 Å². The molecule has 2 aromatic carbocycles. The van der Waals surface area contributed by atoms with Gasteiger partial charge in [-0.05, 0) is 42.5 Å². The molecule has 2 aromatic rings. The fourth-order valence-corrected chi connectivity index (χ4v) is 1.54. The maximum atomic E-state index is 5.73. The highest BCUT2D eigenvalue weighted by Gasteiger charge is 1.99. The molecule has 19 heavy (non-hydrogen) atoms. The average Bonchev–Trinajstić information content (AvgIpc) is 2.40. The second-order valence-corrected chi connectivity index (χ2v) is 4.21. The Morgan fingerprint density at radius 3 is 2.58 bits per heavy atom. The number of hydrazine groups is 1. The Morgan fingerprint density at radius 2 is 1.84 bits per heavy atom. The van der Waals surface area contributed by atoms with Crippen LogP contribution in [0, 0.1) is 0 Å². The van der Waals surface area contributed by atoms with E-state index in [0.717, 1.165) is 17.1 Å². The Balaban J connectivity index is 2.07. The Kier molecular flexibility index (Phi) is 4.47. The quantitative estimate of drug-likeness (QED) is 0.436. The second-order valence-electron chi connectivity index (χ2n) is 3.77. The van der Waals surface area contributed by atoms with Gasteiger partial charge in [0.15, 0.2) is 6.21 Å². The van der Waals surface area contributed by atoms with E-state index in [1.807, 2.05) is 54.6 Å². The van der Waals surface area contributed by atoms with Crippen molar-refractivity contribution < 1.29 is 9.84 Å². The molecule has 0 atom stereocenters. The first-order valence-electron chi connectivity index (χ1n) is 5.71. The largest absolute Gasteiger partial charge is 0.457 e. The molecule has 0 saturated heterocycles. The van der Waals surface area contributed by atoms with E-state index in [1.54, 1.807) is 6.21 Å². The first kappa shape index (κ1) is 13.0. The van der Waals surface area contributed by atoms with Crippen molar-refractivity contribution in [1.82, 2.24) is 5.43 Å². The minimum absolute atomic E-state index is 0.188. The third-order valence-corrected chi connectivity index (χ3v) is 2.37. The number of rotatable bonds is 4. The van der Waals surface area contributed by atoms with E-state index in [2.05, 4.69) is 22.7 Å². The van der Waals surface area contributed by atoms with Crippen LogP contribution in [0.5, 0.6) is 11.5 Å². The van der Waals surface area contributed by atoms with Gasteiger partial charge in [-0.1, -0.05) is 24.3 Å². The van der Waals surface area contributed by atoms with Crippen LogP contribution in [-0.4, -0.2) is 11.3 Å². The SMILES string of the molecule is NC(=S)N[NH+]=Cc1cccc(Oc2ccccc2)c1. The first-order valence-corrected chi connectivity index (χ1v) is 6.12. The van der Waals surface area contributed by atoms with Crippen molar-refractivity contribution in [2.24, 2.45) is 5.73 Å². The summed E-state index contributed by atoms with van der Waals surface area (Å²) in [7, 11) is 0. The normalized spacial score (nSPS) is 10.3. The molecule has 4 N–H and O–H groups in total. The van der Waals surface area contributed by atoms with E-state index in [0.29, 0.717) is 0 Å². The predicted octanol–water partition coefficient (Wildman–Crippen LogP) is 0.727. The van der Waals surface area contributed by atoms with Crippen LogP contribution >= 0.6 is 12.2 Å². The lowest BCUT2D eigenvalue weighted by atomic mass is 10.2. The highest BCUT2D eigenvalue weighted by molar-refractivity contribution is 7.80. The molecular weight excluding hydrogens is 258 g/mol. The second kappa shape index (κ2) is 6.51. The van der Waals surface area contributed by atoms with E-state index in [1.165, 1.54) is 0 Å². The molecule has 0 radical (unpaired) electrons. The van der Waals surface area contributed by atoms with Gasteiger partial charge in [0.2, 0.25) is 5.11 Å². The Hall–Kier alpha value is -2.40. The van der Waals surface area contributed by atoms with Gasteiger partial charge in [0.25, 0.3) is 0 Å². The average molecular weight is 272 g/mol. The summed E-state index contributed by atoms with van der Waals surface area (Å²) in [4.78, 5) is 0. The molecule has 0 unspecified atom stereocenters. The van der Waals surface area contributed by atoms with Gasteiger partial charge in [-0.25, -0.2) is 0 Å². The third kappa shape index (κ3) is 4.40. The Bertz CT molecular complexity index is 584. The van der Waals surface area contributed by atoms with Crippen LogP contribution in [-0.2, 0) is 0 Å². The molecule has 2 rings (SSSR count). The summed E-state index contributed by atoms with van der Waals surface area (Å²) in [5.74, 6) is 1.56. The zero-order valence-corrected chi connectivity index (χ0v) is 11.0. The van der Waals surface area contributed by atoms with Crippen molar-refractivity contribution in [3.05, 3.63) is 60.2 Å². The lowest BCUT2D eigenvalue weighted by molar-refractivity contribution is -0.499. The number of hydrogen-bond acceptors (Lipinski definition) is 2. The van der Waals surface area contributed by atoms with Gasteiger partial charge in [0.1, 0.15) is 11.5 Å². The summed E-state index contributed by atoms with van der Waals surface area (Å²) in [5, 5.41) is 2.98. The van der Waals surface area contributed by atoms with Crippen LogP contribution in [0.2, 0.25) is 0 Å². The maximum absolute atomic E-state index is 5.73. The van der Waals surface area contributed by atoms with Gasteiger partial charge >= 0.3 is 0 Å². The summed E-state index contributed by atoms with van der Waals surface area (Å²) in [6, 6.07) is 17.3. The summed E-state index contributed by atoms with van der Waals surface area (Å²) in [5.41, 5.74) is 8.87. The van der Waals surface area contributed by atoms with E-state index in [9.17, 15) is 0 Å². The zero-order valence-electron chi connectivity index (χ0n) is 10.2.